The fourth-order valence-electron chi connectivity index (χ4n) is 2.84. The number of ether oxygens (including phenoxy) is 1. The van der Waals surface area contributed by atoms with Crippen LogP contribution in [-0.4, -0.2) is 11.1 Å². The van der Waals surface area contributed by atoms with Gasteiger partial charge in [-0.2, -0.15) is 0 Å². The van der Waals surface area contributed by atoms with Gasteiger partial charge in [0.2, 0.25) is 5.12 Å². The van der Waals surface area contributed by atoms with Gasteiger partial charge in [-0.25, -0.2) is 4.79 Å². The van der Waals surface area contributed by atoms with E-state index in [1.165, 1.54) is 0 Å². The highest BCUT2D eigenvalue weighted by molar-refractivity contribution is 8.14. The van der Waals surface area contributed by atoms with E-state index in [2.05, 4.69) is 20.8 Å². The second-order valence-electron chi connectivity index (χ2n) is 7.88. The number of hydrogen-bond donors (Lipinski definition) is 0. The Bertz CT molecular complexity index is 1020. The topological polar surface area (TPSA) is 43.4 Å². The Morgan fingerprint density at radius 3 is 1.93 bits per heavy atom. The molecule has 3 nitrogen and oxygen atoms in total. The van der Waals surface area contributed by atoms with E-state index in [4.69, 9.17) is 4.74 Å². The Labute approximate surface area is 176 Å². The summed E-state index contributed by atoms with van der Waals surface area (Å²) in [6.45, 7) is 8.25. The molecular formula is C25H24O3S. The molecule has 0 amide bonds. The highest BCUT2D eigenvalue weighted by Gasteiger charge is 2.22. The zero-order valence-corrected chi connectivity index (χ0v) is 17.9. The number of carbonyl (C=O) groups excluding carboxylic acids is 2. The minimum atomic E-state index is -0.439. The Hall–Kier alpha value is -2.85. The van der Waals surface area contributed by atoms with Gasteiger partial charge in [-0.1, -0.05) is 75.4 Å². The Morgan fingerprint density at radius 1 is 0.828 bits per heavy atom. The monoisotopic (exact) mass is 404 g/mol. The highest BCUT2D eigenvalue weighted by Crippen LogP contribution is 2.39. The van der Waals surface area contributed by atoms with Crippen molar-refractivity contribution >= 4 is 22.8 Å². The number of aryl methyl sites for hydroxylation is 1. The van der Waals surface area contributed by atoms with E-state index in [1.807, 2.05) is 43.3 Å². The molecule has 4 heteroatoms. The largest absolute Gasteiger partial charge is 0.421 e. The van der Waals surface area contributed by atoms with Gasteiger partial charge in [-0.3, -0.25) is 4.79 Å². The van der Waals surface area contributed by atoms with E-state index in [0.29, 0.717) is 21.8 Å². The van der Waals surface area contributed by atoms with Crippen molar-refractivity contribution in [2.75, 3.05) is 0 Å². The Morgan fingerprint density at radius 2 is 1.38 bits per heavy atom. The molecular weight excluding hydrogens is 380 g/mol. The molecule has 0 saturated heterocycles. The molecule has 29 heavy (non-hydrogen) atoms. The van der Waals surface area contributed by atoms with Crippen LogP contribution in [0.3, 0.4) is 0 Å². The summed E-state index contributed by atoms with van der Waals surface area (Å²) >= 11 is 1.09. The van der Waals surface area contributed by atoms with Crippen LogP contribution in [-0.2, 0) is 5.41 Å². The molecule has 148 valence electrons. The van der Waals surface area contributed by atoms with Crippen LogP contribution in [0.2, 0.25) is 0 Å². The molecule has 3 rings (SSSR count). The minimum absolute atomic E-state index is 0.0898. The van der Waals surface area contributed by atoms with Crippen molar-refractivity contribution in [1.29, 1.82) is 0 Å². The summed E-state index contributed by atoms with van der Waals surface area (Å²) in [6, 6.07) is 21.9. The molecule has 0 saturated carbocycles. The van der Waals surface area contributed by atoms with Crippen molar-refractivity contribution in [2.45, 2.75) is 38.0 Å². The molecule has 0 heterocycles. The third kappa shape index (κ3) is 5.15. The summed E-state index contributed by atoms with van der Waals surface area (Å²) in [4.78, 5) is 26.1. The maximum absolute atomic E-state index is 12.8. The van der Waals surface area contributed by atoms with Crippen molar-refractivity contribution in [3.05, 3.63) is 95.1 Å². The first-order valence-corrected chi connectivity index (χ1v) is 10.3. The first-order valence-electron chi connectivity index (χ1n) is 9.45. The molecule has 0 aliphatic carbocycles. The molecule has 3 aromatic carbocycles. The normalized spacial score (nSPS) is 11.2. The van der Waals surface area contributed by atoms with Crippen LogP contribution in [0.25, 0.3) is 0 Å². The lowest BCUT2D eigenvalue weighted by atomic mass is 9.86. The van der Waals surface area contributed by atoms with E-state index in [9.17, 15) is 9.59 Å². The summed E-state index contributed by atoms with van der Waals surface area (Å²) < 4.78 is 5.75. The van der Waals surface area contributed by atoms with E-state index in [-0.39, 0.29) is 10.5 Å². The van der Waals surface area contributed by atoms with Gasteiger partial charge < -0.3 is 4.74 Å². The van der Waals surface area contributed by atoms with Gasteiger partial charge in [-0.05, 0) is 53.4 Å². The van der Waals surface area contributed by atoms with Crippen LogP contribution in [0.1, 0.15) is 52.6 Å². The molecule has 0 aliphatic heterocycles. The lowest BCUT2D eigenvalue weighted by Gasteiger charge is -2.22. The number of carbonyl (C=O) groups is 2. The molecule has 0 N–H and O–H groups in total. The molecule has 0 spiro atoms. The maximum Gasteiger partial charge on any atom is 0.343 e. The molecule has 0 aliphatic rings. The third-order valence-corrected chi connectivity index (χ3v) is 5.47. The van der Waals surface area contributed by atoms with Crippen LogP contribution < -0.4 is 4.74 Å². The van der Waals surface area contributed by atoms with Crippen LogP contribution in [0.4, 0.5) is 0 Å². The fraction of sp³-hybridized carbons (Fsp3) is 0.200. The number of rotatable bonds is 4. The summed E-state index contributed by atoms with van der Waals surface area (Å²) in [6.07, 6.45) is 0. The van der Waals surface area contributed by atoms with Gasteiger partial charge in [-0.15, -0.1) is 0 Å². The van der Waals surface area contributed by atoms with Crippen LogP contribution >= 0.6 is 11.8 Å². The molecule has 0 bridgehead atoms. The minimum Gasteiger partial charge on any atom is -0.421 e. The predicted molar refractivity (Wildman–Crippen MR) is 118 cm³/mol. The molecule has 0 radical (unpaired) electrons. The van der Waals surface area contributed by atoms with Gasteiger partial charge in [0.05, 0.1) is 10.5 Å². The average Bonchev–Trinajstić information content (AvgIpc) is 2.70. The van der Waals surface area contributed by atoms with Gasteiger partial charge in [0, 0.05) is 5.56 Å². The van der Waals surface area contributed by atoms with Crippen molar-refractivity contribution in [2.24, 2.45) is 0 Å². The summed E-state index contributed by atoms with van der Waals surface area (Å²) in [5, 5.41) is -0.0898. The number of esters is 1. The third-order valence-electron chi connectivity index (χ3n) is 4.52. The SMILES string of the molecule is Cc1cc(C(C)(C)C)cc(SC(=O)c2ccccc2)c1OC(=O)c1ccccc1. The molecule has 0 unspecified atom stereocenters. The van der Waals surface area contributed by atoms with Crippen molar-refractivity contribution in [3.63, 3.8) is 0 Å². The number of hydrogen-bond acceptors (Lipinski definition) is 4. The number of thioether (sulfide) groups is 1. The predicted octanol–water partition coefficient (Wildman–Crippen LogP) is 6.44. The van der Waals surface area contributed by atoms with Crippen LogP contribution in [0, 0.1) is 6.92 Å². The fourth-order valence-corrected chi connectivity index (χ4v) is 3.77. The van der Waals surface area contributed by atoms with E-state index in [0.717, 1.165) is 22.9 Å². The smallest absolute Gasteiger partial charge is 0.343 e. The first kappa shape index (κ1) is 20.9. The lowest BCUT2D eigenvalue weighted by molar-refractivity contribution is 0.0728. The van der Waals surface area contributed by atoms with E-state index < -0.39 is 5.97 Å². The first-order chi connectivity index (χ1) is 13.8. The Balaban J connectivity index is 2.00. The zero-order chi connectivity index (χ0) is 21.0. The van der Waals surface area contributed by atoms with Gasteiger partial charge in [0.1, 0.15) is 5.75 Å². The number of benzene rings is 3. The second kappa shape index (κ2) is 8.66. The van der Waals surface area contributed by atoms with Crippen LogP contribution in [0.15, 0.2) is 77.7 Å². The molecule has 0 fully saturated rings. The standard InChI is InChI=1S/C25H24O3S/c1-17-15-20(25(2,3)4)16-21(29-24(27)19-13-9-6-10-14-19)22(17)28-23(26)18-11-7-5-8-12-18/h5-16H,1-4H3. The molecule has 3 aromatic rings. The maximum atomic E-state index is 12.8. The quantitative estimate of drug-likeness (QED) is 0.285. The summed E-state index contributed by atoms with van der Waals surface area (Å²) in [5.74, 6) is -0.00708. The molecule has 0 atom stereocenters. The van der Waals surface area contributed by atoms with Crippen molar-refractivity contribution < 1.29 is 14.3 Å². The Kier molecular flexibility index (Phi) is 6.23. The van der Waals surface area contributed by atoms with Crippen LogP contribution in [0.5, 0.6) is 5.75 Å². The van der Waals surface area contributed by atoms with Crippen molar-refractivity contribution in [1.82, 2.24) is 0 Å². The van der Waals surface area contributed by atoms with Gasteiger partial charge in [0.15, 0.2) is 0 Å². The van der Waals surface area contributed by atoms with Crippen molar-refractivity contribution in [3.8, 4) is 5.75 Å². The van der Waals surface area contributed by atoms with Gasteiger partial charge >= 0.3 is 5.97 Å². The average molecular weight is 405 g/mol. The lowest BCUT2D eigenvalue weighted by Crippen LogP contribution is -2.14. The highest BCUT2D eigenvalue weighted by atomic mass is 32.2. The summed E-state index contributed by atoms with van der Waals surface area (Å²) in [7, 11) is 0. The van der Waals surface area contributed by atoms with E-state index >= 15 is 0 Å². The second-order valence-corrected chi connectivity index (χ2v) is 8.90. The van der Waals surface area contributed by atoms with E-state index in [1.54, 1.807) is 36.4 Å². The zero-order valence-electron chi connectivity index (χ0n) is 17.1. The summed E-state index contributed by atoms with van der Waals surface area (Å²) in [5.41, 5.74) is 2.88. The van der Waals surface area contributed by atoms with Gasteiger partial charge in [0.25, 0.3) is 0 Å². The molecule has 0 aromatic heterocycles.